The molecule has 1 amide bonds. The van der Waals surface area contributed by atoms with Crippen LogP contribution >= 0.6 is 0 Å². The molecular formula is C13H19FN2O2. The van der Waals surface area contributed by atoms with Crippen molar-refractivity contribution in [1.29, 1.82) is 0 Å². The van der Waals surface area contributed by atoms with Gasteiger partial charge in [-0.15, -0.1) is 0 Å². The molecule has 0 aliphatic carbocycles. The number of phenols is 1. The molecular weight excluding hydrogens is 235 g/mol. The third-order valence-corrected chi connectivity index (χ3v) is 3.34. The maximum atomic E-state index is 13.5. The van der Waals surface area contributed by atoms with Gasteiger partial charge in [-0.25, -0.2) is 4.39 Å². The molecule has 100 valence electrons. The van der Waals surface area contributed by atoms with Crippen molar-refractivity contribution in [2.75, 3.05) is 6.54 Å². The maximum absolute atomic E-state index is 13.5. The summed E-state index contributed by atoms with van der Waals surface area (Å²) in [5.41, 5.74) is 4.76. The zero-order valence-corrected chi connectivity index (χ0v) is 10.7. The fraction of sp³-hybridized carbons (Fsp3) is 0.462. The largest absolute Gasteiger partial charge is 0.507 e. The van der Waals surface area contributed by atoms with E-state index in [0.29, 0.717) is 12.8 Å². The SMILES string of the molecule is CCC(CC)(CN)NC(=O)c1c(O)cccc1F. The Bertz CT molecular complexity index is 402. The lowest BCUT2D eigenvalue weighted by Crippen LogP contribution is -2.53. The Morgan fingerprint density at radius 3 is 2.50 bits per heavy atom. The van der Waals surface area contributed by atoms with Crippen molar-refractivity contribution >= 4 is 5.91 Å². The van der Waals surface area contributed by atoms with Gasteiger partial charge in [0.1, 0.15) is 17.1 Å². The summed E-state index contributed by atoms with van der Waals surface area (Å²) in [6.45, 7) is 4.07. The Balaban J connectivity index is 3.02. The topological polar surface area (TPSA) is 75.3 Å². The Morgan fingerprint density at radius 1 is 1.44 bits per heavy atom. The molecule has 0 aromatic heterocycles. The summed E-state index contributed by atoms with van der Waals surface area (Å²) in [4.78, 5) is 12.0. The highest BCUT2D eigenvalue weighted by Crippen LogP contribution is 2.22. The van der Waals surface area contributed by atoms with Crippen LogP contribution in [0.4, 0.5) is 4.39 Å². The minimum atomic E-state index is -0.745. The molecule has 0 spiro atoms. The highest BCUT2D eigenvalue weighted by Gasteiger charge is 2.28. The van der Waals surface area contributed by atoms with Gasteiger partial charge in [0.15, 0.2) is 0 Å². The molecule has 0 bridgehead atoms. The standard InChI is InChI=1S/C13H19FN2O2/c1-3-13(4-2,8-15)16-12(18)11-9(14)6-5-7-10(11)17/h5-7,17H,3-4,8,15H2,1-2H3,(H,16,18). The molecule has 0 radical (unpaired) electrons. The van der Waals surface area contributed by atoms with E-state index in [2.05, 4.69) is 5.32 Å². The van der Waals surface area contributed by atoms with Gasteiger partial charge in [-0.1, -0.05) is 19.9 Å². The van der Waals surface area contributed by atoms with E-state index in [9.17, 15) is 14.3 Å². The zero-order chi connectivity index (χ0) is 13.8. The van der Waals surface area contributed by atoms with Crippen LogP contribution in [0.2, 0.25) is 0 Å². The van der Waals surface area contributed by atoms with Crippen LogP contribution in [-0.4, -0.2) is 23.1 Å². The summed E-state index contributed by atoms with van der Waals surface area (Å²) in [7, 11) is 0. The fourth-order valence-corrected chi connectivity index (χ4v) is 1.81. The quantitative estimate of drug-likeness (QED) is 0.749. The number of nitrogens with one attached hydrogen (secondary N) is 1. The maximum Gasteiger partial charge on any atom is 0.258 e. The monoisotopic (exact) mass is 254 g/mol. The van der Waals surface area contributed by atoms with Crippen molar-refractivity contribution in [3.05, 3.63) is 29.6 Å². The number of carbonyl (C=O) groups is 1. The number of phenolic OH excluding ortho intramolecular Hbond substituents is 1. The Morgan fingerprint density at radius 2 is 2.06 bits per heavy atom. The minimum absolute atomic E-state index is 0.265. The highest BCUT2D eigenvalue weighted by molar-refractivity contribution is 5.97. The lowest BCUT2D eigenvalue weighted by atomic mass is 9.92. The van der Waals surface area contributed by atoms with Crippen LogP contribution in [0, 0.1) is 5.82 Å². The Kier molecular flexibility index (Phi) is 4.67. The number of rotatable bonds is 5. The smallest absolute Gasteiger partial charge is 0.258 e. The summed E-state index contributed by atoms with van der Waals surface area (Å²) in [5.74, 6) is -1.75. The molecule has 1 aromatic carbocycles. The number of benzene rings is 1. The third-order valence-electron chi connectivity index (χ3n) is 3.34. The molecule has 5 heteroatoms. The molecule has 1 rings (SSSR count). The predicted octanol–water partition coefficient (Wildman–Crippen LogP) is 1.78. The van der Waals surface area contributed by atoms with Crippen LogP contribution in [0.25, 0.3) is 0 Å². The lowest BCUT2D eigenvalue weighted by Gasteiger charge is -2.31. The van der Waals surface area contributed by atoms with Crippen LogP contribution in [0.15, 0.2) is 18.2 Å². The van der Waals surface area contributed by atoms with E-state index in [1.54, 1.807) is 0 Å². The van der Waals surface area contributed by atoms with Crippen molar-refractivity contribution in [3.63, 3.8) is 0 Å². The molecule has 1 aromatic rings. The minimum Gasteiger partial charge on any atom is -0.507 e. The van der Waals surface area contributed by atoms with Crippen LogP contribution < -0.4 is 11.1 Å². The molecule has 4 nitrogen and oxygen atoms in total. The normalized spacial score (nSPS) is 11.3. The van der Waals surface area contributed by atoms with Crippen LogP contribution in [0.1, 0.15) is 37.0 Å². The van der Waals surface area contributed by atoms with E-state index >= 15 is 0 Å². The number of hydrogen-bond acceptors (Lipinski definition) is 3. The average Bonchev–Trinajstić information content (AvgIpc) is 2.36. The van der Waals surface area contributed by atoms with Gasteiger partial charge in [0, 0.05) is 6.54 Å². The van der Waals surface area contributed by atoms with E-state index in [1.807, 2.05) is 13.8 Å². The van der Waals surface area contributed by atoms with Gasteiger partial charge in [0.05, 0.1) is 5.54 Å². The summed E-state index contributed by atoms with van der Waals surface area (Å²) in [6, 6.07) is 3.76. The summed E-state index contributed by atoms with van der Waals surface area (Å²) < 4.78 is 13.5. The average molecular weight is 254 g/mol. The number of halogens is 1. The predicted molar refractivity (Wildman–Crippen MR) is 67.9 cm³/mol. The van der Waals surface area contributed by atoms with E-state index < -0.39 is 17.3 Å². The van der Waals surface area contributed by atoms with Gasteiger partial charge in [0.2, 0.25) is 0 Å². The van der Waals surface area contributed by atoms with Crippen molar-refractivity contribution in [2.24, 2.45) is 5.73 Å². The third kappa shape index (κ3) is 2.79. The zero-order valence-electron chi connectivity index (χ0n) is 10.7. The lowest BCUT2D eigenvalue weighted by molar-refractivity contribution is 0.0888. The molecule has 0 unspecified atom stereocenters. The number of nitrogens with two attached hydrogens (primary N) is 1. The second kappa shape index (κ2) is 5.82. The van der Waals surface area contributed by atoms with Crippen LogP contribution in [0.3, 0.4) is 0 Å². The van der Waals surface area contributed by atoms with Gasteiger partial charge >= 0.3 is 0 Å². The van der Waals surface area contributed by atoms with Crippen molar-refractivity contribution in [2.45, 2.75) is 32.2 Å². The fourth-order valence-electron chi connectivity index (χ4n) is 1.81. The second-order valence-corrected chi connectivity index (χ2v) is 4.28. The van der Waals surface area contributed by atoms with Crippen LogP contribution in [0.5, 0.6) is 5.75 Å². The van der Waals surface area contributed by atoms with Crippen molar-refractivity contribution in [3.8, 4) is 5.75 Å². The molecule has 0 aliphatic rings. The summed E-state index contributed by atoms with van der Waals surface area (Å²) in [5, 5.41) is 12.3. The Labute approximate surface area is 106 Å². The number of aromatic hydroxyl groups is 1. The van der Waals surface area contributed by atoms with E-state index in [0.717, 1.165) is 6.07 Å². The van der Waals surface area contributed by atoms with E-state index in [1.165, 1.54) is 12.1 Å². The number of amides is 1. The van der Waals surface area contributed by atoms with E-state index in [4.69, 9.17) is 5.73 Å². The van der Waals surface area contributed by atoms with Crippen molar-refractivity contribution < 1.29 is 14.3 Å². The molecule has 0 saturated heterocycles. The second-order valence-electron chi connectivity index (χ2n) is 4.28. The van der Waals surface area contributed by atoms with Gasteiger partial charge < -0.3 is 16.2 Å². The molecule has 0 heterocycles. The van der Waals surface area contributed by atoms with Crippen LogP contribution in [-0.2, 0) is 0 Å². The van der Waals surface area contributed by atoms with Gasteiger partial charge in [-0.2, -0.15) is 0 Å². The molecule has 0 atom stereocenters. The molecule has 4 N–H and O–H groups in total. The first-order valence-electron chi connectivity index (χ1n) is 5.99. The first-order valence-corrected chi connectivity index (χ1v) is 5.99. The first kappa shape index (κ1) is 14.4. The number of carbonyl (C=O) groups excluding carboxylic acids is 1. The molecule has 18 heavy (non-hydrogen) atoms. The summed E-state index contributed by atoms with van der Waals surface area (Å²) in [6.07, 6.45) is 1.28. The molecule has 0 fully saturated rings. The van der Waals surface area contributed by atoms with Gasteiger partial charge in [0.25, 0.3) is 5.91 Å². The van der Waals surface area contributed by atoms with E-state index in [-0.39, 0.29) is 17.9 Å². The number of hydrogen-bond donors (Lipinski definition) is 3. The van der Waals surface area contributed by atoms with Gasteiger partial charge in [-0.3, -0.25) is 4.79 Å². The molecule has 0 aliphatic heterocycles. The summed E-state index contributed by atoms with van der Waals surface area (Å²) >= 11 is 0. The first-order chi connectivity index (χ1) is 8.49. The van der Waals surface area contributed by atoms with Gasteiger partial charge in [-0.05, 0) is 25.0 Å². The Hall–Kier alpha value is -1.62. The van der Waals surface area contributed by atoms with Crippen molar-refractivity contribution in [1.82, 2.24) is 5.32 Å². The highest BCUT2D eigenvalue weighted by atomic mass is 19.1. The molecule has 0 saturated carbocycles.